The summed E-state index contributed by atoms with van der Waals surface area (Å²) in [5, 5.41) is 27.1. The Hall–Kier alpha value is -4.36. The van der Waals surface area contributed by atoms with Crippen LogP contribution in [0.25, 0.3) is 10.9 Å². The summed E-state index contributed by atoms with van der Waals surface area (Å²) in [7, 11) is 0. The van der Waals surface area contributed by atoms with Crippen LogP contribution in [0.5, 0.6) is 0 Å². The van der Waals surface area contributed by atoms with Crippen LogP contribution in [0.1, 0.15) is 24.0 Å². The van der Waals surface area contributed by atoms with Gasteiger partial charge in [0.1, 0.15) is 18.1 Å². The minimum Gasteiger partial charge on any atom is -0.481 e. The zero-order valence-electron chi connectivity index (χ0n) is 22.1. The van der Waals surface area contributed by atoms with Crippen LogP contribution in [0.4, 0.5) is 0 Å². The number of carbonyl (C=O) groups is 5. The van der Waals surface area contributed by atoms with Crippen molar-refractivity contribution in [1.82, 2.24) is 20.9 Å². The largest absolute Gasteiger partial charge is 0.481 e. The van der Waals surface area contributed by atoms with Crippen LogP contribution in [0.3, 0.4) is 0 Å². The number of H-pyrrole nitrogens is 1. The summed E-state index contributed by atoms with van der Waals surface area (Å²) in [5.74, 6) is -4.70. The molecule has 12 nitrogen and oxygen atoms in total. The third-order valence-corrected chi connectivity index (χ3v) is 6.82. The molecule has 3 aromatic rings. The Labute approximate surface area is 241 Å². The van der Waals surface area contributed by atoms with Gasteiger partial charge in [-0.1, -0.05) is 48.5 Å². The highest BCUT2D eigenvalue weighted by atomic mass is 32.1. The van der Waals surface area contributed by atoms with Crippen molar-refractivity contribution in [3.63, 3.8) is 0 Å². The Bertz CT molecular complexity index is 1380. The molecule has 1 heterocycles. The fourth-order valence-corrected chi connectivity index (χ4v) is 4.46. The molecule has 0 saturated heterocycles. The summed E-state index contributed by atoms with van der Waals surface area (Å²) in [6.45, 7) is 0. The molecule has 2 aromatic carbocycles. The average molecular weight is 584 g/mol. The van der Waals surface area contributed by atoms with Crippen molar-refractivity contribution in [2.75, 3.05) is 5.75 Å². The van der Waals surface area contributed by atoms with Crippen molar-refractivity contribution in [1.29, 1.82) is 0 Å². The van der Waals surface area contributed by atoms with Gasteiger partial charge >= 0.3 is 11.9 Å². The number of hydrogen-bond acceptors (Lipinski definition) is 7. The van der Waals surface area contributed by atoms with Crippen LogP contribution in [0.15, 0.2) is 60.8 Å². The lowest BCUT2D eigenvalue weighted by atomic mass is 10.0. The number of rotatable bonds is 15. The number of amides is 3. The van der Waals surface area contributed by atoms with Gasteiger partial charge < -0.3 is 36.9 Å². The molecule has 0 saturated carbocycles. The predicted octanol–water partition coefficient (Wildman–Crippen LogP) is 0.614. The van der Waals surface area contributed by atoms with E-state index in [2.05, 4.69) is 33.6 Å². The molecule has 218 valence electrons. The summed E-state index contributed by atoms with van der Waals surface area (Å²) in [6.07, 6.45) is 1.28. The molecule has 4 unspecified atom stereocenters. The van der Waals surface area contributed by atoms with Crippen LogP contribution in [-0.2, 0) is 36.8 Å². The fraction of sp³-hybridized carbons (Fsp3) is 0.321. The number of benzene rings is 2. The maximum absolute atomic E-state index is 13.4. The van der Waals surface area contributed by atoms with E-state index < -0.39 is 53.8 Å². The molecular weight excluding hydrogens is 550 g/mol. The summed E-state index contributed by atoms with van der Waals surface area (Å²) in [4.78, 5) is 64.9. The Kier molecular flexibility index (Phi) is 11.3. The molecule has 13 heteroatoms. The zero-order chi connectivity index (χ0) is 29.9. The monoisotopic (exact) mass is 583 g/mol. The number of fused-ring (bicyclic) bond motifs is 1. The van der Waals surface area contributed by atoms with Crippen LogP contribution < -0.4 is 21.7 Å². The Balaban J connectivity index is 1.75. The van der Waals surface area contributed by atoms with Gasteiger partial charge in [0.2, 0.25) is 17.7 Å². The molecule has 0 radical (unpaired) electrons. The van der Waals surface area contributed by atoms with Gasteiger partial charge in [0.25, 0.3) is 0 Å². The van der Waals surface area contributed by atoms with Gasteiger partial charge in [-0.05, 0) is 23.6 Å². The second kappa shape index (κ2) is 14.9. The summed E-state index contributed by atoms with van der Waals surface area (Å²) >= 11 is 4.13. The molecule has 8 N–H and O–H groups in total. The predicted molar refractivity (Wildman–Crippen MR) is 154 cm³/mol. The minimum atomic E-state index is -1.29. The first-order valence-corrected chi connectivity index (χ1v) is 13.5. The molecular formula is C28H33N5O7S. The van der Waals surface area contributed by atoms with E-state index in [-0.39, 0.29) is 31.4 Å². The van der Waals surface area contributed by atoms with Crippen LogP contribution >= 0.6 is 12.6 Å². The van der Waals surface area contributed by atoms with Gasteiger partial charge in [-0.25, -0.2) is 4.79 Å². The third-order valence-electron chi connectivity index (χ3n) is 6.45. The molecule has 0 aliphatic rings. The van der Waals surface area contributed by atoms with E-state index in [9.17, 15) is 29.1 Å². The number of aliphatic carboxylic acids is 2. The first-order valence-electron chi connectivity index (χ1n) is 12.9. The number of carbonyl (C=O) groups excluding carboxylic acids is 3. The van der Waals surface area contributed by atoms with Gasteiger partial charge in [0.05, 0.1) is 6.04 Å². The normalized spacial score (nSPS) is 13.9. The highest BCUT2D eigenvalue weighted by Crippen LogP contribution is 2.19. The molecule has 0 fully saturated rings. The Morgan fingerprint density at radius 3 is 2.07 bits per heavy atom. The molecule has 0 spiro atoms. The maximum atomic E-state index is 13.4. The zero-order valence-corrected chi connectivity index (χ0v) is 23.0. The molecule has 1 aromatic heterocycles. The second-order valence-corrected chi connectivity index (χ2v) is 9.86. The molecule has 4 atom stereocenters. The number of aromatic amines is 1. The average Bonchev–Trinajstić information content (AvgIpc) is 3.36. The fourth-order valence-electron chi connectivity index (χ4n) is 4.21. The van der Waals surface area contributed by atoms with E-state index in [4.69, 9.17) is 10.8 Å². The lowest BCUT2D eigenvalue weighted by Gasteiger charge is -2.24. The number of carboxylic acid groups (broad SMARTS) is 2. The quantitative estimate of drug-likeness (QED) is 0.119. The van der Waals surface area contributed by atoms with E-state index in [0.717, 1.165) is 10.9 Å². The number of nitrogens with one attached hydrogen (secondary N) is 4. The van der Waals surface area contributed by atoms with E-state index in [0.29, 0.717) is 11.1 Å². The molecule has 3 amide bonds. The summed E-state index contributed by atoms with van der Waals surface area (Å²) in [6, 6.07) is 11.4. The van der Waals surface area contributed by atoms with E-state index in [1.165, 1.54) is 0 Å². The van der Waals surface area contributed by atoms with Gasteiger partial charge in [-0.2, -0.15) is 12.6 Å². The number of thiol groups is 1. The second-order valence-electron chi connectivity index (χ2n) is 9.50. The maximum Gasteiger partial charge on any atom is 0.326 e. The minimum absolute atomic E-state index is 0.000639. The van der Waals surface area contributed by atoms with Crippen molar-refractivity contribution in [2.45, 2.75) is 49.9 Å². The van der Waals surface area contributed by atoms with E-state index >= 15 is 0 Å². The topological polar surface area (TPSA) is 204 Å². The van der Waals surface area contributed by atoms with Crippen LogP contribution in [0, 0.1) is 0 Å². The number of nitrogens with two attached hydrogens (primary N) is 1. The lowest BCUT2D eigenvalue weighted by Crippen LogP contribution is -2.58. The summed E-state index contributed by atoms with van der Waals surface area (Å²) in [5.41, 5.74) is 7.98. The number of carboxylic acids is 2. The van der Waals surface area contributed by atoms with Crippen molar-refractivity contribution < 1.29 is 34.2 Å². The molecule has 3 rings (SSSR count). The highest BCUT2D eigenvalue weighted by Gasteiger charge is 2.30. The van der Waals surface area contributed by atoms with E-state index in [1.807, 2.05) is 24.3 Å². The van der Waals surface area contributed by atoms with Gasteiger partial charge in [0.15, 0.2) is 0 Å². The van der Waals surface area contributed by atoms with Crippen molar-refractivity contribution in [3.05, 3.63) is 71.9 Å². The van der Waals surface area contributed by atoms with Gasteiger partial charge in [0, 0.05) is 42.1 Å². The Morgan fingerprint density at radius 2 is 1.41 bits per heavy atom. The smallest absolute Gasteiger partial charge is 0.326 e. The molecule has 0 bridgehead atoms. The molecule has 0 aliphatic heterocycles. The first-order chi connectivity index (χ1) is 19.6. The SMILES string of the molecule is NC(CCC(=O)O)C(=O)NC(CS)C(=O)NC(Cc1ccccc1)C(=O)NC(Cc1c[nH]c2ccccc12)C(=O)O. The molecule has 0 aliphatic carbocycles. The summed E-state index contributed by atoms with van der Waals surface area (Å²) < 4.78 is 0. The van der Waals surface area contributed by atoms with Crippen LogP contribution in [-0.4, -0.2) is 74.8 Å². The number of hydrogen-bond donors (Lipinski definition) is 8. The number of para-hydroxylation sites is 1. The lowest BCUT2D eigenvalue weighted by molar-refractivity contribution is -0.142. The Morgan fingerprint density at radius 1 is 0.805 bits per heavy atom. The van der Waals surface area contributed by atoms with Crippen molar-refractivity contribution in [2.24, 2.45) is 5.73 Å². The standard InChI is InChI=1S/C28H33N5O7S/c29-19(10-11-24(34)35)25(36)33-23(15-41)27(38)31-21(12-16-6-2-1-3-7-16)26(37)32-22(28(39)40)13-17-14-30-20-9-5-4-8-18(17)20/h1-9,14,19,21-23,30,41H,10-13,15,29H2,(H,31,38)(H,32,37)(H,33,36)(H,34,35)(H,39,40). The van der Waals surface area contributed by atoms with Gasteiger partial charge in [-0.15, -0.1) is 0 Å². The van der Waals surface area contributed by atoms with Crippen LogP contribution in [0.2, 0.25) is 0 Å². The highest BCUT2D eigenvalue weighted by molar-refractivity contribution is 7.80. The first kappa shape index (κ1) is 31.2. The van der Waals surface area contributed by atoms with Gasteiger partial charge in [-0.3, -0.25) is 19.2 Å². The van der Waals surface area contributed by atoms with E-state index in [1.54, 1.807) is 36.5 Å². The third kappa shape index (κ3) is 9.08. The molecule has 41 heavy (non-hydrogen) atoms. The van der Waals surface area contributed by atoms with Crippen molar-refractivity contribution in [3.8, 4) is 0 Å². The van der Waals surface area contributed by atoms with Crippen molar-refractivity contribution >= 4 is 53.2 Å². The number of aromatic nitrogens is 1.